The lowest BCUT2D eigenvalue weighted by Gasteiger charge is -2.30. The molecule has 2 rings (SSSR count). The Balaban J connectivity index is 2.24. The van der Waals surface area contributed by atoms with Gasteiger partial charge in [0.1, 0.15) is 0 Å². The van der Waals surface area contributed by atoms with Crippen LogP contribution in [-0.4, -0.2) is 54.3 Å². The van der Waals surface area contributed by atoms with Gasteiger partial charge in [0.15, 0.2) is 0 Å². The minimum atomic E-state index is 0.188. The van der Waals surface area contributed by atoms with E-state index in [1.54, 1.807) is 7.11 Å². The van der Waals surface area contributed by atoms with Crippen LogP contribution < -0.4 is 9.80 Å². The third-order valence-corrected chi connectivity index (χ3v) is 3.93. The first-order valence-electron chi connectivity index (χ1n) is 7.57. The van der Waals surface area contributed by atoms with Crippen molar-refractivity contribution in [3.63, 3.8) is 0 Å². The second kappa shape index (κ2) is 7.75. The van der Waals surface area contributed by atoms with Crippen LogP contribution in [0.4, 0.5) is 11.9 Å². The molecule has 0 N–H and O–H groups in total. The van der Waals surface area contributed by atoms with Crippen molar-refractivity contribution in [2.24, 2.45) is 0 Å². The number of halogens is 1. The van der Waals surface area contributed by atoms with Crippen LogP contribution in [0, 0.1) is 0 Å². The van der Waals surface area contributed by atoms with Crippen molar-refractivity contribution in [2.45, 2.75) is 39.2 Å². The normalized spacial score (nSPS) is 16.9. The number of aromatic nitrogens is 3. The van der Waals surface area contributed by atoms with Gasteiger partial charge in [-0.3, -0.25) is 0 Å². The van der Waals surface area contributed by atoms with Crippen molar-refractivity contribution in [1.29, 1.82) is 0 Å². The summed E-state index contributed by atoms with van der Waals surface area (Å²) in [4.78, 5) is 17.5. The van der Waals surface area contributed by atoms with Crippen LogP contribution in [0.25, 0.3) is 0 Å². The van der Waals surface area contributed by atoms with Gasteiger partial charge in [0.05, 0.1) is 12.6 Å². The average molecular weight is 314 g/mol. The molecule has 1 fully saturated rings. The minimum absolute atomic E-state index is 0.188. The van der Waals surface area contributed by atoms with Gasteiger partial charge in [-0.15, -0.1) is 0 Å². The number of piperidine rings is 1. The second-order valence-electron chi connectivity index (χ2n) is 5.34. The number of likely N-dealkylation sites (N-methyl/N-ethyl adjacent to an activating group) is 1. The van der Waals surface area contributed by atoms with E-state index in [1.807, 2.05) is 0 Å². The first kappa shape index (κ1) is 16.2. The van der Waals surface area contributed by atoms with E-state index in [1.165, 1.54) is 19.3 Å². The van der Waals surface area contributed by atoms with E-state index < -0.39 is 0 Å². The predicted octanol–water partition coefficient (Wildman–Crippen LogP) is 2.38. The van der Waals surface area contributed by atoms with Crippen molar-refractivity contribution >= 4 is 23.5 Å². The highest BCUT2D eigenvalue weighted by Crippen LogP contribution is 2.21. The summed E-state index contributed by atoms with van der Waals surface area (Å²) in [5.74, 6) is 1.32. The molecule has 1 aliphatic rings. The monoisotopic (exact) mass is 313 g/mol. The van der Waals surface area contributed by atoms with Crippen LogP contribution in [-0.2, 0) is 4.74 Å². The summed E-state index contributed by atoms with van der Waals surface area (Å²) in [6.07, 6.45) is 3.63. The molecule has 0 aromatic carbocycles. The average Bonchev–Trinajstić information content (AvgIpc) is 2.48. The van der Waals surface area contributed by atoms with Gasteiger partial charge in [0, 0.05) is 26.7 Å². The van der Waals surface area contributed by atoms with E-state index in [-0.39, 0.29) is 11.3 Å². The molecule has 1 saturated heterocycles. The molecule has 0 aliphatic carbocycles. The smallest absolute Gasteiger partial charge is 0.231 e. The molecular formula is C14H24ClN5O. The molecule has 0 saturated carbocycles. The Bertz CT molecular complexity index is 453. The highest BCUT2D eigenvalue weighted by Gasteiger charge is 2.20. The summed E-state index contributed by atoms with van der Waals surface area (Å²) in [5, 5.41) is 0.253. The number of rotatable bonds is 6. The van der Waals surface area contributed by atoms with E-state index in [9.17, 15) is 0 Å². The van der Waals surface area contributed by atoms with Gasteiger partial charge < -0.3 is 14.5 Å². The van der Waals surface area contributed by atoms with Gasteiger partial charge in [-0.2, -0.15) is 15.0 Å². The predicted molar refractivity (Wildman–Crippen MR) is 85.3 cm³/mol. The van der Waals surface area contributed by atoms with Gasteiger partial charge in [0.25, 0.3) is 0 Å². The van der Waals surface area contributed by atoms with Crippen LogP contribution in [0.2, 0.25) is 5.28 Å². The van der Waals surface area contributed by atoms with Crippen molar-refractivity contribution in [2.75, 3.05) is 43.2 Å². The SMILES string of the molecule is CCN(c1nc(Cl)nc(N2CCCCC2)n1)C(C)COC. The molecule has 0 radical (unpaired) electrons. The molecule has 21 heavy (non-hydrogen) atoms. The van der Waals surface area contributed by atoms with Gasteiger partial charge in [0.2, 0.25) is 17.2 Å². The van der Waals surface area contributed by atoms with Gasteiger partial charge >= 0.3 is 0 Å². The molecular weight excluding hydrogens is 290 g/mol. The van der Waals surface area contributed by atoms with E-state index in [0.29, 0.717) is 18.5 Å². The van der Waals surface area contributed by atoms with Crippen LogP contribution in [0.3, 0.4) is 0 Å². The Labute approximate surface area is 131 Å². The molecule has 6 nitrogen and oxygen atoms in total. The number of methoxy groups -OCH3 is 1. The molecule has 0 bridgehead atoms. The molecule has 1 unspecified atom stereocenters. The molecule has 118 valence electrons. The van der Waals surface area contributed by atoms with E-state index in [2.05, 4.69) is 38.6 Å². The summed E-state index contributed by atoms with van der Waals surface area (Å²) >= 11 is 6.11. The third-order valence-electron chi connectivity index (χ3n) is 3.76. The fourth-order valence-corrected chi connectivity index (χ4v) is 2.83. The summed E-state index contributed by atoms with van der Waals surface area (Å²) < 4.78 is 5.23. The van der Waals surface area contributed by atoms with Crippen LogP contribution in [0.1, 0.15) is 33.1 Å². The first-order valence-corrected chi connectivity index (χ1v) is 7.95. The lowest BCUT2D eigenvalue weighted by atomic mass is 10.1. The van der Waals surface area contributed by atoms with Gasteiger partial charge in [-0.1, -0.05) is 0 Å². The number of hydrogen-bond donors (Lipinski definition) is 0. The summed E-state index contributed by atoms with van der Waals surface area (Å²) in [5.41, 5.74) is 0. The maximum absolute atomic E-state index is 6.11. The van der Waals surface area contributed by atoms with E-state index in [4.69, 9.17) is 16.3 Å². The minimum Gasteiger partial charge on any atom is -0.383 e. The van der Waals surface area contributed by atoms with Crippen LogP contribution >= 0.6 is 11.6 Å². The highest BCUT2D eigenvalue weighted by molar-refractivity contribution is 6.28. The Kier molecular flexibility index (Phi) is 5.99. The number of ether oxygens (including phenoxy) is 1. The fourth-order valence-electron chi connectivity index (χ4n) is 2.67. The maximum Gasteiger partial charge on any atom is 0.231 e. The lowest BCUT2D eigenvalue weighted by molar-refractivity contribution is 0.181. The molecule has 1 aromatic heterocycles. The molecule has 1 aliphatic heterocycles. The molecule has 7 heteroatoms. The highest BCUT2D eigenvalue weighted by atomic mass is 35.5. The number of nitrogens with zero attached hydrogens (tertiary/aromatic N) is 5. The Morgan fingerprint density at radius 1 is 1.24 bits per heavy atom. The van der Waals surface area contributed by atoms with Crippen LogP contribution in [0.15, 0.2) is 0 Å². The zero-order valence-electron chi connectivity index (χ0n) is 13.0. The second-order valence-corrected chi connectivity index (χ2v) is 5.68. The third kappa shape index (κ3) is 4.17. The van der Waals surface area contributed by atoms with Gasteiger partial charge in [-0.05, 0) is 44.7 Å². The standard InChI is InChI=1S/C14H24ClN5O/c1-4-20(11(2)10-21-3)14-17-12(15)16-13(18-14)19-8-6-5-7-9-19/h11H,4-10H2,1-3H3. The number of hydrogen-bond acceptors (Lipinski definition) is 6. The quantitative estimate of drug-likeness (QED) is 0.803. The Morgan fingerprint density at radius 3 is 2.57 bits per heavy atom. The van der Waals surface area contributed by atoms with E-state index in [0.717, 1.165) is 19.6 Å². The Hall–Kier alpha value is -1.14. The number of anilines is 2. The summed E-state index contributed by atoms with van der Waals surface area (Å²) in [6.45, 7) is 7.55. The largest absolute Gasteiger partial charge is 0.383 e. The van der Waals surface area contributed by atoms with Crippen molar-refractivity contribution in [3.8, 4) is 0 Å². The van der Waals surface area contributed by atoms with Gasteiger partial charge in [-0.25, -0.2) is 0 Å². The molecule has 1 aromatic rings. The zero-order valence-corrected chi connectivity index (χ0v) is 13.8. The Morgan fingerprint density at radius 2 is 1.95 bits per heavy atom. The lowest BCUT2D eigenvalue weighted by Crippen LogP contribution is -2.38. The van der Waals surface area contributed by atoms with Crippen LogP contribution in [0.5, 0.6) is 0 Å². The topological polar surface area (TPSA) is 54.4 Å². The zero-order chi connectivity index (χ0) is 15.2. The fraction of sp³-hybridized carbons (Fsp3) is 0.786. The van der Waals surface area contributed by atoms with Crippen molar-refractivity contribution in [3.05, 3.63) is 5.28 Å². The first-order chi connectivity index (χ1) is 10.2. The molecule has 0 spiro atoms. The molecule has 0 amide bonds. The van der Waals surface area contributed by atoms with Crippen molar-refractivity contribution in [1.82, 2.24) is 15.0 Å². The summed E-state index contributed by atoms with van der Waals surface area (Å²) in [7, 11) is 1.70. The van der Waals surface area contributed by atoms with Crippen molar-refractivity contribution < 1.29 is 4.74 Å². The summed E-state index contributed by atoms with van der Waals surface area (Å²) in [6, 6.07) is 0.188. The maximum atomic E-state index is 6.11. The molecule has 2 heterocycles. The molecule has 1 atom stereocenters. The van der Waals surface area contributed by atoms with E-state index >= 15 is 0 Å².